The van der Waals surface area contributed by atoms with Crippen molar-refractivity contribution < 1.29 is 4.42 Å². The Balaban J connectivity index is 2.39. The molecule has 80 valence electrons. The molecular formula is C13H11NOS. The van der Waals surface area contributed by atoms with Crippen LogP contribution in [-0.2, 0) is 0 Å². The predicted molar refractivity (Wildman–Crippen MR) is 66.0 cm³/mol. The quantitative estimate of drug-likeness (QED) is 0.729. The van der Waals surface area contributed by atoms with Crippen LogP contribution in [0.15, 0.2) is 28.0 Å². The number of thiophene rings is 1. The van der Waals surface area contributed by atoms with Gasteiger partial charge in [0, 0.05) is 4.88 Å². The van der Waals surface area contributed by atoms with Gasteiger partial charge in [0.1, 0.15) is 17.6 Å². The lowest BCUT2D eigenvalue weighted by Crippen LogP contribution is -1.74. The van der Waals surface area contributed by atoms with Crippen molar-refractivity contribution in [3.8, 4) is 6.07 Å². The van der Waals surface area contributed by atoms with Gasteiger partial charge < -0.3 is 4.42 Å². The minimum atomic E-state index is 0.642. The zero-order valence-corrected chi connectivity index (χ0v) is 9.97. The first-order chi connectivity index (χ1) is 7.70. The molecule has 0 aliphatic heterocycles. The lowest BCUT2D eigenvalue weighted by atomic mass is 10.2. The van der Waals surface area contributed by atoms with Crippen LogP contribution in [0, 0.1) is 25.2 Å². The number of rotatable bonds is 2. The number of nitriles is 1. The van der Waals surface area contributed by atoms with Crippen molar-refractivity contribution in [3.63, 3.8) is 0 Å². The summed E-state index contributed by atoms with van der Waals surface area (Å²) in [4.78, 5) is 0.967. The van der Waals surface area contributed by atoms with Gasteiger partial charge in [-0.05, 0) is 43.0 Å². The second-order valence-corrected chi connectivity index (χ2v) is 4.48. The van der Waals surface area contributed by atoms with Crippen LogP contribution in [0.5, 0.6) is 0 Å². The van der Waals surface area contributed by atoms with Crippen molar-refractivity contribution in [2.75, 3.05) is 0 Å². The number of hydrogen-bond acceptors (Lipinski definition) is 3. The summed E-state index contributed by atoms with van der Waals surface area (Å²) < 4.78 is 5.52. The van der Waals surface area contributed by atoms with Crippen LogP contribution in [0.1, 0.15) is 22.0 Å². The van der Waals surface area contributed by atoms with E-state index in [9.17, 15) is 0 Å². The van der Waals surface area contributed by atoms with Gasteiger partial charge in [0.25, 0.3) is 0 Å². The third-order valence-electron chi connectivity index (χ3n) is 2.38. The Hall–Kier alpha value is -1.79. The third kappa shape index (κ3) is 2.07. The summed E-state index contributed by atoms with van der Waals surface area (Å²) in [6.07, 6.45) is 1.78. The molecular weight excluding hydrogens is 218 g/mol. The van der Waals surface area contributed by atoms with E-state index in [0.717, 1.165) is 22.0 Å². The molecule has 0 radical (unpaired) electrons. The zero-order chi connectivity index (χ0) is 11.5. The minimum Gasteiger partial charge on any atom is -0.462 e. The van der Waals surface area contributed by atoms with Crippen molar-refractivity contribution in [3.05, 3.63) is 45.5 Å². The maximum Gasteiger partial charge on any atom is 0.128 e. The molecule has 0 spiro atoms. The molecule has 2 aromatic heterocycles. The second-order valence-electron chi connectivity index (χ2n) is 3.54. The molecule has 0 fully saturated rings. The Morgan fingerprint density at radius 1 is 1.50 bits per heavy atom. The van der Waals surface area contributed by atoms with E-state index in [0.29, 0.717) is 5.57 Å². The van der Waals surface area contributed by atoms with E-state index >= 15 is 0 Å². The molecule has 2 nitrogen and oxygen atoms in total. The first kappa shape index (κ1) is 10.7. The molecule has 0 saturated heterocycles. The summed E-state index contributed by atoms with van der Waals surface area (Å²) in [5.41, 5.74) is 1.75. The van der Waals surface area contributed by atoms with Crippen molar-refractivity contribution >= 4 is 23.0 Å². The smallest absolute Gasteiger partial charge is 0.128 e. The van der Waals surface area contributed by atoms with Gasteiger partial charge >= 0.3 is 0 Å². The van der Waals surface area contributed by atoms with Gasteiger partial charge in [-0.1, -0.05) is 6.07 Å². The van der Waals surface area contributed by atoms with Crippen molar-refractivity contribution in [1.82, 2.24) is 0 Å². The van der Waals surface area contributed by atoms with Crippen molar-refractivity contribution in [2.45, 2.75) is 13.8 Å². The highest BCUT2D eigenvalue weighted by atomic mass is 32.1. The maximum atomic E-state index is 9.08. The predicted octanol–water partition coefficient (Wildman–Crippen LogP) is 4.02. The lowest BCUT2D eigenvalue weighted by Gasteiger charge is -1.91. The van der Waals surface area contributed by atoms with E-state index < -0.39 is 0 Å². The molecule has 0 bridgehead atoms. The minimum absolute atomic E-state index is 0.642. The highest BCUT2D eigenvalue weighted by Gasteiger charge is 2.05. The molecule has 2 aromatic rings. The Morgan fingerprint density at radius 2 is 2.31 bits per heavy atom. The SMILES string of the molecule is Cc1cc(/C=C(\C#N)c2cccs2)oc1C. The highest BCUT2D eigenvalue weighted by molar-refractivity contribution is 7.11. The van der Waals surface area contributed by atoms with E-state index in [1.54, 1.807) is 17.4 Å². The summed E-state index contributed by atoms with van der Waals surface area (Å²) in [7, 11) is 0. The lowest BCUT2D eigenvalue weighted by molar-refractivity contribution is 0.523. The Morgan fingerprint density at radius 3 is 2.81 bits per heavy atom. The third-order valence-corrected chi connectivity index (χ3v) is 3.28. The molecule has 2 heterocycles. The molecule has 0 amide bonds. The molecule has 0 N–H and O–H groups in total. The summed E-state index contributed by atoms with van der Waals surface area (Å²) in [6.45, 7) is 3.91. The van der Waals surface area contributed by atoms with Crippen LogP contribution < -0.4 is 0 Å². The Labute approximate surface area is 98.5 Å². The van der Waals surface area contributed by atoms with E-state index in [4.69, 9.17) is 9.68 Å². The van der Waals surface area contributed by atoms with Crippen LogP contribution in [0.2, 0.25) is 0 Å². The van der Waals surface area contributed by atoms with Gasteiger partial charge in [-0.2, -0.15) is 5.26 Å². The van der Waals surface area contributed by atoms with Gasteiger partial charge in [-0.3, -0.25) is 0 Å². The van der Waals surface area contributed by atoms with Crippen LogP contribution in [0.25, 0.3) is 11.6 Å². The van der Waals surface area contributed by atoms with Gasteiger partial charge in [0.15, 0.2) is 0 Å². The van der Waals surface area contributed by atoms with E-state index in [-0.39, 0.29) is 0 Å². The molecule has 0 atom stereocenters. The first-order valence-corrected chi connectivity index (χ1v) is 5.81. The molecule has 0 unspecified atom stereocenters. The molecule has 3 heteroatoms. The fraction of sp³-hybridized carbons (Fsp3) is 0.154. The van der Waals surface area contributed by atoms with Crippen LogP contribution in [0.4, 0.5) is 0 Å². The monoisotopic (exact) mass is 229 g/mol. The largest absolute Gasteiger partial charge is 0.462 e. The van der Waals surface area contributed by atoms with Gasteiger partial charge in [-0.15, -0.1) is 11.3 Å². The topological polar surface area (TPSA) is 36.9 Å². The standard InChI is InChI=1S/C13H11NOS/c1-9-6-12(15-10(9)2)7-11(8-14)13-4-3-5-16-13/h3-7H,1-2H3/b11-7+. The summed E-state index contributed by atoms with van der Waals surface area (Å²) in [6, 6.07) is 8.01. The van der Waals surface area contributed by atoms with Gasteiger partial charge in [0.2, 0.25) is 0 Å². The van der Waals surface area contributed by atoms with Crippen LogP contribution >= 0.6 is 11.3 Å². The number of furan rings is 1. The molecule has 16 heavy (non-hydrogen) atoms. The second kappa shape index (κ2) is 4.38. The number of hydrogen-bond donors (Lipinski definition) is 0. The van der Waals surface area contributed by atoms with E-state index in [2.05, 4.69) is 6.07 Å². The highest BCUT2D eigenvalue weighted by Crippen LogP contribution is 2.23. The molecule has 0 aliphatic carbocycles. The maximum absolute atomic E-state index is 9.08. The first-order valence-electron chi connectivity index (χ1n) is 4.93. The van der Waals surface area contributed by atoms with Crippen LogP contribution in [-0.4, -0.2) is 0 Å². The zero-order valence-electron chi connectivity index (χ0n) is 9.15. The average molecular weight is 229 g/mol. The molecule has 0 aromatic carbocycles. The molecule has 0 aliphatic rings. The molecule has 0 saturated carbocycles. The normalized spacial score (nSPS) is 11.4. The number of aryl methyl sites for hydroxylation is 2. The van der Waals surface area contributed by atoms with Gasteiger partial charge in [0.05, 0.1) is 5.57 Å². The number of allylic oxidation sites excluding steroid dienone is 1. The number of nitrogens with zero attached hydrogens (tertiary/aromatic N) is 1. The molecule has 2 rings (SSSR count). The van der Waals surface area contributed by atoms with E-state index in [1.807, 2.05) is 37.4 Å². The van der Waals surface area contributed by atoms with E-state index in [1.165, 1.54) is 0 Å². The summed E-state index contributed by atoms with van der Waals surface area (Å²) in [5, 5.41) is 11.0. The fourth-order valence-electron chi connectivity index (χ4n) is 1.41. The average Bonchev–Trinajstić information content (AvgIpc) is 2.86. The summed E-state index contributed by atoms with van der Waals surface area (Å²) in [5.74, 6) is 1.63. The van der Waals surface area contributed by atoms with Crippen LogP contribution in [0.3, 0.4) is 0 Å². The summed E-state index contributed by atoms with van der Waals surface area (Å²) >= 11 is 1.55. The van der Waals surface area contributed by atoms with Gasteiger partial charge in [-0.25, -0.2) is 0 Å². The Kier molecular flexibility index (Phi) is 2.93. The van der Waals surface area contributed by atoms with Crippen molar-refractivity contribution in [2.24, 2.45) is 0 Å². The Bertz CT molecular complexity index is 536. The fourth-order valence-corrected chi connectivity index (χ4v) is 2.10. The van der Waals surface area contributed by atoms with Crippen molar-refractivity contribution in [1.29, 1.82) is 5.26 Å².